The molecule has 0 radical (unpaired) electrons. The van der Waals surface area contributed by atoms with Gasteiger partial charge in [0.25, 0.3) is 0 Å². The van der Waals surface area contributed by atoms with Crippen molar-refractivity contribution in [2.45, 2.75) is 38.8 Å². The van der Waals surface area contributed by atoms with E-state index in [0.29, 0.717) is 0 Å². The van der Waals surface area contributed by atoms with E-state index in [2.05, 4.69) is 15.1 Å². The number of amides is 2. The summed E-state index contributed by atoms with van der Waals surface area (Å²) in [6, 6.07) is -1.36. The molecule has 0 saturated heterocycles. The lowest BCUT2D eigenvalue weighted by Crippen LogP contribution is -2.46. The van der Waals surface area contributed by atoms with Crippen LogP contribution >= 0.6 is 0 Å². The van der Waals surface area contributed by atoms with Gasteiger partial charge in [-0.3, -0.25) is 9.59 Å². The second-order valence-electron chi connectivity index (χ2n) is 5.72. The Kier molecular flexibility index (Phi) is 8.89. The summed E-state index contributed by atoms with van der Waals surface area (Å²) < 4.78 is 0. The third kappa shape index (κ3) is 7.85. The Balaban J connectivity index is 4.09. The minimum Gasteiger partial charge on any atom is -0.396 e. The topological polar surface area (TPSA) is 191 Å². The maximum atomic E-state index is 11.6. The number of aliphatic hydroxyl groups is 2. The van der Waals surface area contributed by atoms with Crippen LogP contribution in [-0.2, 0) is 29.0 Å². The summed E-state index contributed by atoms with van der Waals surface area (Å²) in [4.78, 5) is 53.0. The van der Waals surface area contributed by atoms with Gasteiger partial charge in [0.05, 0.1) is 19.4 Å². The maximum absolute atomic E-state index is 11.6. The van der Waals surface area contributed by atoms with E-state index >= 15 is 0 Å². The normalized spacial score (nSPS) is 13.5. The van der Waals surface area contributed by atoms with Gasteiger partial charge < -0.3 is 27.0 Å². The monoisotopic (exact) mass is 349 g/mol. The van der Waals surface area contributed by atoms with Gasteiger partial charge in [0, 0.05) is 12.0 Å². The first-order valence-electron chi connectivity index (χ1n) is 7.03. The number of aliphatic hydroxyl groups excluding tert-OH is 2. The summed E-state index contributed by atoms with van der Waals surface area (Å²) in [6.07, 6.45) is -2.29. The van der Waals surface area contributed by atoms with E-state index < -0.39 is 54.3 Å². The van der Waals surface area contributed by atoms with Crippen molar-refractivity contribution >= 4 is 23.8 Å². The molecule has 0 aliphatic heterocycles. The molecule has 11 nitrogen and oxygen atoms in total. The molecule has 1 unspecified atom stereocenters. The fraction of sp³-hybridized carbons (Fsp3) is 0.692. The van der Waals surface area contributed by atoms with Crippen molar-refractivity contribution in [1.82, 2.24) is 5.32 Å². The summed E-state index contributed by atoms with van der Waals surface area (Å²) >= 11 is 0. The summed E-state index contributed by atoms with van der Waals surface area (Å²) in [7, 11) is 0. The summed E-state index contributed by atoms with van der Waals surface area (Å²) in [5.41, 5.74) is 9.05. The van der Waals surface area contributed by atoms with Crippen LogP contribution in [0.1, 0.15) is 26.7 Å². The first-order chi connectivity index (χ1) is 11.0. The van der Waals surface area contributed by atoms with Crippen molar-refractivity contribution in [1.29, 1.82) is 0 Å². The molecule has 0 saturated carbocycles. The fourth-order valence-electron chi connectivity index (χ4n) is 1.32. The number of carbonyl (C=O) groups excluding carboxylic acids is 4. The number of rotatable bonds is 9. The standard InChI is InChI=1S/C13H23N3O8/c1-13(2,6-17)10(20)11(21)16-4-3-9(19)23-24-12(22)7(14)5-8(15)18/h7,10,17,20H,3-6,14H2,1-2H3,(H2,15,18)(H,16,21)/t7?,10-/m0/s1. The van der Waals surface area contributed by atoms with E-state index in [1.165, 1.54) is 13.8 Å². The SMILES string of the molecule is CC(C)(CO)[C@@H](O)C(=O)NCCC(=O)OOC(=O)C(N)CC(N)=O. The molecule has 24 heavy (non-hydrogen) atoms. The number of primary amides is 1. The van der Waals surface area contributed by atoms with Gasteiger partial charge >= 0.3 is 11.9 Å². The zero-order valence-corrected chi connectivity index (χ0v) is 13.5. The van der Waals surface area contributed by atoms with Crippen molar-refractivity contribution < 1.29 is 39.2 Å². The van der Waals surface area contributed by atoms with E-state index in [9.17, 15) is 24.3 Å². The van der Waals surface area contributed by atoms with E-state index in [-0.39, 0.29) is 13.0 Å². The van der Waals surface area contributed by atoms with E-state index in [1.54, 1.807) is 0 Å². The second kappa shape index (κ2) is 9.80. The highest BCUT2D eigenvalue weighted by Gasteiger charge is 2.32. The Bertz CT molecular complexity index is 480. The van der Waals surface area contributed by atoms with Gasteiger partial charge in [0.2, 0.25) is 11.8 Å². The minimum atomic E-state index is -1.47. The van der Waals surface area contributed by atoms with Crippen LogP contribution in [0.2, 0.25) is 0 Å². The maximum Gasteiger partial charge on any atom is 0.372 e. The molecular weight excluding hydrogens is 326 g/mol. The summed E-state index contributed by atoms with van der Waals surface area (Å²) in [6.45, 7) is 2.37. The number of hydrogen-bond donors (Lipinski definition) is 5. The molecule has 11 heteroatoms. The van der Waals surface area contributed by atoms with E-state index in [4.69, 9.17) is 16.6 Å². The van der Waals surface area contributed by atoms with Gasteiger partial charge in [0.1, 0.15) is 12.1 Å². The van der Waals surface area contributed by atoms with E-state index in [1.807, 2.05) is 0 Å². The molecule has 2 atom stereocenters. The molecule has 2 amide bonds. The van der Waals surface area contributed by atoms with Crippen molar-refractivity contribution in [3.63, 3.8) is 0 Å². The van der Waals surface area contributed by atoms with Gasteiger partial charge in [-0.05, 0) is 0 Å². The minimum absolute atomic E-state index is 0.193. The number of nitrogens with one attached hydrogen (secondary N) is 1. The molecule has 138 valence electrons. The molecule has 0 aromatic carbocycles. The molecule has 0 fully saturated rings. The van der Waals surface area contributed by atoms with Crippen LogP contribution in [0.4, 0.5) is 0 Å². The third-order valence-electron chi connectivity index (χ3n) is 2.97. The fourth-order valence-corrected chi connectivity index (χ4v) is 1.32. The molecule has 0 spiro atoms. The lowest BCUT2D eigenvalue weighted by molar-refractivity contribution is -0.259. The van der Waals surface area contributed by atoms with Crippen molar-refractivity contribution in [3.8, 4) is 0 Å². The molecular formula is C13H23N3O8. The van der Waals surface area contributed by atoms with Crippen LogP contribution in [0.5, 0.6) is 0 Å². The highest BCUT2D eigenvalue weighted by Crippen LogP contribution is 2.19. The van der Waals surface area contributed by atoms with Gasteiger partial charge in [-0.15, -0.1) is 0 Å². The molecule has 0 bridgehead atoms. The smallest absolute Gasteiger partial charge is 0.372 e. The van der Waals surface area contributed by atoms with Crippen LogP contribution in [0.3, 0.4) is 0 Å². The van der Waals surface area contributed by atoms with Crippen LogP contribution in [0.15, 0.2) is 0 Å². The summed E-state index contributed by atoms with van der Waals surface area (Å²) in [5.74, 6) is -3.72. The molecule has 0 heterocycles. The Morgan fingerprint density at radius 1 is 1.21 bits per heavy atom. The lowest BCUT2D eigenvalue weighted by atomic mass is 9.87. The summed E-state index contributed by atoms with van der Waals surface area (Å²) in [5, 5.41) is 21.0. The van der Waals surface area contributed by atoms with Crippen LogP contribution in [-0.4, -0.2) is 59.3 Å². The third-order valence-corrected chi connectivity index (χ3v) is 2.97. The largest absolute Gasteiger partial charge is 0.396 e. The van der Waals surface area contributed by atoms with Crippen molar-refractivity contribution in [2.75, 3.05) is 13.2 Å². The predicted molar refractivity (Wildman–Crippen MR) is 78.5 cm³/mol. The highest BCUT2D eigenvalue weighted by molar-refractivity contribution is 5.84. The van der Waals surface area contributed by atoms with E-state index in [0.717, 1.165) is 0 Å². The van der Waals surface area contributed by atoms with Gasteiger partial charge in [-0.1, -0.05) is 13.8 Å². The molecule has 0 aliphatic carbocycles. The zero-order chi connectivity index (χ0) is 18.9. The van der Waals surface area contributed by atoms with Crippen molar-refractivity contribution in [3.05, 3.63) is 0 Å². The predicted octanol–water partition coefficient (Wildman–Crippen LogP) is -2.92. The van der Waals surface area contributed by atoms with Crippen LogP contribution in [0.25, 0.3) is 0 Å². The molecule has 7 N–H and O–H groups in total. The quantitative estimate of drug-likeness (QED) is 0.214. The highest BCUT2D eigenvalue weighted by atomic mass is 17.2. The molecule has 0 aromatic rings. The van der Waals surface area contributed by atoms with Gasteiger partial charge in [-0.25, -0.2) is 19.4 Å². The average molecular weight is 349 g/mol. The number of carbonyl (C=O) groups is 4. The Hall–Kier alpha value is -2.24. The Morgan fingerprint density at radius 3 is 2.29 bits per heavy atom. The van der Waals surface area contributed by atoms with Gasteiger partial charge in [-0.2, -0.15) is 0 Å². The second-order valence-corrected chi connectivity index (χ2v) is 5.72. The molecule has 0 aromatic heterocycles. The molecule has 0 aliphatic rings. The number of nitrogens with two attached hydrogens (primary N) is 2. The van der Waals surface area contributed by atoms with Crippen LogP contribution in [0, 0.1) is 5.41 Å². The average Bonchev–Trinajstić information content (AvgIpc) is 2.50. The lowest BCUT2D eigenvalue weighted by Gasteiger charge is -2.26. The number of hydrogen-bond acceptors (Lipinski definition) is 9. The first kappa shape index (κ1) is 21.8. The van der Waals surface area contributed by atoms with Gasteiger partial charge in [0.15, 0.2) is 0 Å². The molecule has 0 rings (SSSR count). The van der Waals surface area contributed by atoms with Crippen LogP contribution < -0.4 is 16.8 Å². The Labute approximate surface area is 138 Å². The first-order valence-corrected chi connectivity index (χ1v) is 7.03. The van der Waals surface area contributed by atoms with Crippen molar-refractivity contribution in [2.24, 2.45) is 16.9 Å². The zero-order valence-electron chi connectivity index (χ0n) is 13.5. The Morgan fingerprint density at radius 2 is 1.79 bits per heavy atom.